The van der Waals surface area contributed by atoms with Gasteiger partial charge in [0, 0.05) is 18.5 Å². The lowest BCUT2D eigenvalue weighted by molar-refractivity contribution is 0.445. The van der Waals surface area contributed by atoms with Crippen LogP contribution in [0.3, 0.4) is 0 Å². The van der Waals surface area contributed by atoms with Crippen molar-refractivity contribution in [1.29, 1.82) is 0 Å². The lowest BCUT2D eigenvalue weighted by Gasteiger charge is -2.18. The molecule has 0 aromatic heterocycles. The van der Waals surface area contributed by atoms with E-state index in [-0.39, 0.29) is 0 Å². The molecule has 0 bridgehead atoms. The Balaban J connectivity index is 2.87. The second kappa shape index (κ2) is 7.07. The number of nitrogens with zero attached hydrogens (tertiary/aromatic N) is 1. The molecule has 0 aliphatic carbocycles. The Labute approximate surface area is 115 Å². The normalized spacial score (nSPS) is 11.9. The summed E-state index contributed by atoms with van der Waals surface area (Å²) in [4.78, 5) is 0. The van der Waals surface area contributed by atoms with Crippen molar-refractivity contribution < 1.29 is 8.42 Å². The van der Waals surface area contributed by atoms with Crippen LogP contribution < -0.4 is 0 Å². The van der Waals surface area contributed by atoms with Gasteiger partial charge in [0.2, 0.25) is 10.0 Å². The molecular formula is C15H19NO2S. The molecule has 1 rings (SSSR count). The third-order valence-corrected chi connectivity index (χ3v) is 3.90. The summed E-state index contributed by atoms with van der Waals surface area (Å²) in [5.41, 5.74) is 1.83. The molecule has 0 N–H and O–H groups in total. The van der Waals surface area contributed by atoms with Crippen LogP contribution in [0.2, 0.25) is 0 Å². The van der Waals surface area contributed by atoms with Crippen molar-refractivity contribution in [3.63, 3.8) is 0 Å². The molecular weight excluding hydrogens is 258 g/mol. The number of rotatable bonds is 7. The number of allylic oxidation sites excluding steroid dienone is 2. The molecule has 102 valence electrons. The minimum atomic E-state index is -3.44. The lowest BCUT2D eigenvalue weighted by Crippen LogP contribution is -2.29. The highest BCUT2D eigenvalue weighted by Gasteiger charge is 2.17. The summed E-state index contributed by atoms with van der Waals surface area (Å²) >= 11 is 0. The van der Waals surface area contributed by atoms with E-state index in [1.807, 2.05) is 37.3 Å². The van der Waals surface area contributed by atoms with E-state index in [4.69, 9.17) is 0 Å². The zero-order chi connectivity index (χ0) is 14.3. The molecule has 4 heteroatoms. The molecule has 0 aliphatic heterocycles. The van der Waals surface area contributed by atoms with Crippen LogP contribution in [0.15, 0.2) is 66.6 Å². The van der Waals surface area contributed by atoms with E-state index in [0.29, 0.717) is 13.1 Å². The molecule has 0 radical (unpaired) electrons. The van der Waals surface area contributed by atoms with E-state index in [0.717, 1.165) is 16.5 Å². The van der Waals surface area contributed by atoms with E-state index in [2.05, 4.69) is 13.2 Å². The quantitative estimate of drug-likeness (QED) is 0.718. The van der Waals surface area contributed by atoms with Gasteiger partial charge in [-0.25, -0.2) is 8.42 Å². The molecule has 0 spiro atoms. The van der Waals surface area contributed by atoms with Gasteiger partial charge >= 0.3 is 0 Å². The Morgan fingerprint density at radius 3 is 2.47 bits per heavy atom. The number of hydrogen-bond acceptors (Lipinski definition) is 2. The fourth-order valence-corrected chi connectivity index (χ4v) is 2.36. The van der Waals surface area contributed by atoms with Crippen LogP contribution in [0, 0.1) is 0 Å². The molecule has 1 aromatic rings. The van der Waals surface area contributed by atoms with Crippen molar-refractivity contribution in [3.05, 3.63) is 72.2 Å². The number of benzene rings is 1. The SMILES string of the molecule is C=CS(=O)(=O)N(C/C=C/C(=C)C)Cc1ccccc1. The van der Waals surface area contributed by atoms with Crippen molar-refractivity contribution in [2.45, 2.75) is 13.5 Å². The summed E-state index contributed by atoms with van der Waals surface area (Å²) in [6, 6.07) is 9.47. The van der Waals surface area contributed by atoms with Crippen molar-refractivity contribution in [3.8, 4) is 0 Å². The lowest BCUT2D eigenvalue weighted by atomic mass is 10.2. The number of sulfonamides is 1. The van der Waals surface area contributed by atoms with Crippen molar-refractivity contribution in [2.75, 3.05) is 6.54 Å². The minimum Gasteiger partial charge on any atom is -0.208 e. The molecule has 0 heterocycles. The molecule has 0 unspecified atom stereocenters. The summed E-state index contributed by atoms with van der Waals surface area (Å²) < 4.78 is 25.2. The highest BCUT2D eigenvalue weighted by molar-refractivity contribution is 7.92. The van der Waals surface area contributed by atoms with Crippen molar-refractivity contribution in [1.82, 2.24) is 4.31 Å². The number of hydrogen-bond donors (Lipinski definition) is 0. The third-order valence-electron chi connectivity index (χ3n) is 2.48. The van der Waals surface area contributed by atoms with Crippen LogP contribution >= 0.6 is 0 Å². The summed E-state index contributed by atoms with van der Waals surface area (Å²) in [7, 11) is -3.44. The van der Waals surface area contributed by atoms with Gasteiger partial charge in [-0.3, -0.25) is 0 Å². The molecule has 19 heavy (non-hydrogen) atoms. The summed E-state index contributed by atoms with van der Waals surface area (Å²) in [6.07, 6.45) is 3.59. The van der Waals surface area contributed by atoms with E-state index < -0.39 is 10.0 Å². The monoisotopic (exact) mass is 277 g/mol. The van der Waals surface area contributed by atoms with E-state index >= 15 is 0 Å². The summed E-state index contributed by atoms with van der Waals surface area (Å²) in [5.74, 6) is 0. The van der Waals surface area contributed by atoms with Crippen LogP contribution in [0.1, 0.15) is 12.5 Å². The largest absolute Gasteiger partial charge is 0.236 e. The van der Waals surface area contributed by atoms with Gasteiger partial charge in [-0.1, -0.05) is 61.2 Å². The molecule has 0 fully saturated rings. The van der Waals surface area contributed by atoms with E-state index in [1.54, 1.807) is 12.2 Å². The predicted octanol–water partition coefficient (Wildman–Crippen LogP) is 3.09. The third kappa shape index (κ3) is 5.24. The van der Waals surface area contributed by atoms with Crippen molar-refractivity contribution in [2.24, 2.45) is 0 Å². The van der Waals surface area contributed by atoms with E-state index in [1.165, 1.54) is 4.31 Å². The highest BCUT2D eigenvalue weighted by Crippen LogP contribution is 2.10. The molecule has 3 nitrogen and oxygen atoms in total. The van der Waals surface area contributed by atoms with E-state index in [9.17, 15) is 8.42 Å². The van der Waals surface area contributed by atoms with Gasteiger partial charge in [-0.15, -0.1) is 0 Å². The second-order valence-corrected chi connectivity index (χ2v) is 6.12. The first-order valence-electron chi connectivity index (χ1n) is 5.94. The Morgan fingerprint density at radius 2 is 1.95 bits per heavy atom. The molecule has 0 amide bonds. The van der Waals surface area contributed by atoms with Crippen LogP contribution in [-0.4, -0.2) is 19.3 Å². The van der Waals surface area contributed by atoms with Crippen LogP contribution in [-0.2, 0) is 16.6 Å². The van der Waals surface area contributed by atoms with Crippen molar-refractivity contribution >= 4 is 10.0 Å². The Kier molecular flexibility index (Phi) is 5.73. The first-order valence-corrected chi connectivity index (χ1v) is 7.44. The fourth-order valence-electron chi connectivity index (χ4n) is 1.52. The molecule has 0 saturated heterocycles. The zero-order valence-electron chi connectivity index (χ0n) is 11.1. The fraction of sp³-hybridized carbons (Fsp3) is 0.200. The minimum absolute atomic E-state index is 0.302. The standard InChI is InChI=1S/C15H19NO2S/c1-4-19(17,18)16(12-8-9-14(2)3)13-15-10-6-5-7-11-15/h4-11H,1-2,12-13H2,3H3/b9-8+. The topological polar surface area (TPSA) is 37.4 Å². The maximum atomic E-state index is 11.9. The van der Waals surface area contributed by atoms with Crippen LogP contribution in [0.25, 0.3) is 0 Å². The summed E-state index contributed by atoms with van der Waals surface area (Å²) in [5, 5.41) is 0.977. The predicted molar refractivity (Wildman–Crippen MR) is 79.9 cm³/mol. The van der Waals surface area contributed by atoms with Crippen LogP contribution in [0.5, 0.6) is 0 Å². The first-order chi connectivity index (χ1) is 8.95. The zero-order valence-corrected chi connectivity index (χ0v) is 11.9. The van der Waals surface area contributed by atoms with Gasteiger partial charge in [0.1, 0.15) is 0 Å². The molecule has 0 atom stereocenters. The average molecular weight is 277 g/mol. The summed E-state index contributed by atoms with van der Waals surface area (Å²) in [6.45, 7) is 9.60. The maximum Gasteiger partial charge on any atom is 0.236 e. The second-order valence-electron chi connectivity index (χ2n) is 4.24. The van der Waals surface area contributed by atoms with Gasteiger partial charge in [0.25, 0.3) is 0 Å². The van der Waals surface area contributed by atoms with Gasteiger partial charge in [-0.2, -0.15) is 4.31 Å². The van der Waals surface area contributed by atoms with Gasteiger partial charge in [0.05, 0.1) is 0 Å². The maximum absolute atomic E-state index is 11.9. The Bertz CT molecular complexity index is 559. The molecule has 1 aromatic carbocycles. The van der Waals surface area contributed by atoms with Crippen LogP contribution in [0.4, 0.5) is 0 Å². The molecule has 0 aliphatic rings. The average Bonchev–Trinajstić information content (AvgIpc) is 2.38. The Morgan fingerprint density at radius 1 is 1.32 bits per heavy atom. The van der Waals surface area contributed by atoms with Gasteiger partial charge in [0.15, 0.2) is 0 Å². The van der Waals surface area contributed by atoms with Gasteiger partial charge < -0.3 is 0 Å². The first kappa shape index (κ1) is 15.4. The molecule has 0 saturated carbocycles. The smallest absolute Gasteiger partial charge is 0.208 e. The van der Waals surface area contributed by atoms with Gasteiger partial charge in [-0.05, 0) is 12.5 Å². The Hall–Kier alpha value is -1.65. The highest BCUT2D eigenvalue weighted by atomic mass is 32.2.